The van der Waals surface area contributed by atoms with Gasteiger partial charge in [-0.3, -0.25) is 15.8 Å². The number of nitrogens with two attached hydrogens (primary N) is 1. The third-order valence-corrected chi connectivity index (χ3v) is 2.84. The third-order valence-electron chi connectivity index (χ3n) is 2.51. The molecule has 0 aliphatic carbocycles. The summed E-state index contributed by atoms with van der Waals surface area (Å²) in [4.78, 5) is 8.25. The zero-order valence-corrected chi connectivity index (χ0v) is 10.1. The van der Waals surface area contributed by atoms with Crippen LogP contribution in [0, 0.1) is 6.92 Å². The first kappa shape index (κ1) is 12.0. The molecule has 2 rings (SSSR count). The van der Waals surface area contributed by atoms with Crippen molar-refractivity contribution in [2.75, 3.05) is 0 Å². The van der Waals surface area contributed by atoms with Gasteiger partial charge in [0, 0.05) is 17.4 Å². The fraction of sp³-hybridized carbons (Fsp3) is 0.167. The lowest BCUT2D eigenvalue weighted by atomic mass is 10.0. The van der Waals surface area contributed by atoms with Crippen molar-refractivity contribution in [1.29, 1.82) is 0 Å². The lowest BCUT2D eigenvalue weighted by Crippen LogP contribution is -2.29. The van der Waals surface area contributed by atoms with Gasteiger partial charge in [-0.25, -0.2) is 5.43 Å². The van der Waals surface area contributed by atoms with Gasteiger partial charge in [0.1, 0.15) is 0 Å². The predicted molar refractivity (Wildman–Crippen MR) is 67.4 cm³/mol. The van der Waals surface area contributed by atoms with Crippen molar-refractivity contribution < 1.29 is 0 Å². The topological polar surface area (TPSA) is 63.8 Å². The van der Waals surface area contributed by atoms with Crippen LogP contribution in [0.25, 0.3) is 0 Å². The number of nitrogens with zero attached hydrogens (tertiary/aromatic N) is 2. The second-order valence-electron chi connectivity index (χ2n) is 3.75. The van der Waals surface area contributed by atoms with Gasteiger partial charge in [-0.05, 0) is 24.1 Å². The molecule has 5 heteroatoms. The second kappa shape index (κ2) is 5.23. The smallest absolute Gasteiger partial charge is 0.0911 e. The summed E-state index contributed by atoms with van der Waals surface area (Å²) < 4.78 is 0. The SMILES string of the molecule is Cc1ccc(C(NN)c2cnccn2)c(Cl)c1. The zero-order valence-electron chi connectivity index (χ0n) is 9.39. The van der Waals surface area contributed by atoms with Crippen molar-refractivity contribution in [3.05, 3.63) is 58.6 Å². The van der Waals surface area contributed by atoms with E-state index in [9.17, 15) is 0 Å². The Morgan fingerprint density at radius 3 is 2.76 bits per heavy atom. The van der Waals surface area contributed by atoms with Gasteiger partial charge in [0.05, 0.1) is 17.9 Å². The zero-order chi connectivity index (χ0) is 12.3. The first-order valence-electron chi connectivity index (χ1n) is 5.20. The molecule has 0 saturated heterocycles. The van der Waals surface area contributed by atoms with Crippen molar-refractivity contribution >= 4 is 11.6 Å². The van der Waals surface area contributed by atoms with Crippen LogP contribution in [0.5, 0.6) is 0 Å². The Kier molecular flexibility index (Phi) is 3.68. The first-order valence-corrected chi connectivity index (χ1v) is 5.58. The number of benzene rings is 1. The Morgan fingerprint density at radius 2 is 2.18 bits per heavy atom. The number of hydrazine groups is 1. The molecule has 0 radical (unpaired) electrons. The number of halogens is 1. The minimum absolute atomic E-state index is 0.253. The van der Waals surface area contributed by atoms with Gasteiger partial charge in [-0.15, -0.1) is 0 Å². The van der Waals surface area contributed by atoms with Crippen molar-refractivity contribution in [2.24, 2.45) is 5.84 Å². The van der Waals surface area contributed by atoms with Crippen molar-refractivity contribution in [1.82, 2.24) is 15.4 Å². The Balaban J connectivity index is 2.42. The van der Waals surface area contributed by atoms with Crippen LogP contribution in [0.2, 0.25) is 5.02 Å². The molecule has 0 amide bonds. The molecule has 3 N–H and O–H groups in total. The van der Waals surface area contributed by atoms with Crippen molar-refractivity contribution in [3.8, 4) is 0 Å². The van der Waals surface area contributed by atoms with Gasteiger partial charge in [0.15, 0.2) is 0 Å². The van der Waals surface area contributed by atoms with Crippen LogP contribution in [-0.2, 0) is 0 Å². The van der Waals surface area contributed by atoms with Gasteiger partial charge in [-0.1, -0.05) is 23.7 Å². The summed E-state index contributed by atoms with van der Waals surface area (Å²) in [5.41, 5.74) is 5.44. The molecule has 0 saturated carbocycles. The molecule has 0 bridgehead atoms. The van der Waals surface area contributed by atoms with Crippen LogP contribution in [0.4, 0.5) is 0 Å². The number of nitrogens with one attached hydrogen (secondary N) is 1. The number of hydrogen-bond donors (Lipinski definition) is 2. The van der Waals surface area contributed by atoms with E-state index in [0.29, 0.717) is 5.02 Å². The van der Waals surface area contributed by atoms with Crippen LogP contribution in [0.1, 0.15) is 22.9 Å². The molecule has 0 aliphatic heterocycles. The summed E-state index contributed by atoms with van der Waals surface area (Å²) in [6.45, 7) is 1.99. The van der Waals surface area contributed by atoms with Crippen molar-refractivity contribution in [3.63, 3.8) is 0 Å². The summed E-state index contributed by atoms with van der Waals surface area (Å²) >= 11 is 6.21. The van der Waals surface area contributed by atoms with E-state index in [0.717, 1.165) is 16.8 Å². The molecule has 4 nitrogen and oxygen atoms in total. The van der Waals surface area contributed by atoms with Gasteiger partial charge >= 0.3 is 0 Å². The molecule has 2 aromatic rings. The molecule has 0 spiro atoms. The van der Waals surface area contributed by atoms with Crippen LogP contribution in [-0.4, -0.2) is 9.97 Å². The molecular formula is C12H13ClN4. The number of hydrogen-bond acceptors (Lipinski definition) is 4. The van der Waals surface area contributed by atoms with Gasteiger partial charge < -0.3 is 0 Å². The van der Waals surface area contributed by atoms with E-state index >= 15 is 0 Å². The fourth-order valence-electron chi connectivity index (χ4n) is 1.66. The van der Waals surface area contributed by atoms with E-state index in [-0.39, 0.29) is 6.04 Å². The van der Waals surface area contributed by atoms with E-state index in [2.05, 4.69) is 15.4 Å². The molecule has 1 unspecified atom stereocenters. The molecule has 88 valence electrons. The summed E-state index contributed by atoms with van der Waals surface area (Å²) in [5.74, 6) is 5.57. The highest BCUT2D eigenvalue weighted by Gasteiger charge is 2.16. The Bertz CT molecular complexity index is 501. The van der Waals surface area contributed by atoms with Gasteiger partial charge in [-0.2, -0.15) is 0 Å². The molecule has 1 heterocycles. The molecule has 0 fully saturated rings. The molecule has 1 aromatic carbocycles. The van der Waals surface area contributed by atoms with Gasteiger partial charge in [0.25, 0.3) is 0 Å². The average Bonchev–Trinajstić information content (AvgIpc) is 2.34. The summed E-state index contributed by atoms with van der Waals surface area (Å²) in [6, 6.07) is 5.58. The third kappa shape index (κ3) is 2.61. The monoisotopic (exact) mass is 248 g/mol. The highest BCUT2D eigenvalue weighted by Crippen LogP contribution is 2.27. The van der Waals surface area contributed by atoms with Crippen LogP contribution in [0.15, 0.2) is 36.8 Å². The largest absolute Gasteiger partial charge is 0.271 e. The Labute approximate surface area is 105 Å². The molecular weight excluding hydrogens is 236 g/mol. The number of rotatable bonds is 3. The lowest BCUT2D eigenvalue weighted by molar-refractivity contribution is 0.618. The number of aromatic nitrogens is 2. The highest BCUT2D eigenvalue weighted by molar-refractivity contribution is 6.31. The summed E-state index contributed by atoms with van der Waals surface area (Å²) in [7, 11) is 0. The standard InChI is InChI=1S/C12H13ClN4/c1-8-2-3-9(10(13)6-8)12(17-14)11-7-15-4-5-16-11/h2-7,12,17H,14H2,1H3. The maximum absolute atomic E-state index is 6.21. The maximum Gasteiger partial charge on any atom is 0.0911 e. The molecule has 0 aliphatic rings. The van der Waals surface area contributed by atoms with Crippen molar-refractivity contribution in [2.45, 2.75) is 13.0 Å². The van der Waals surface area contributed by atoms with E-state index in [1.807, 2.05) is 25.1 Å². The Morgan fingerprint density at radius 1 is 1.35 bits per heavy atom. The first-order chi connectivity index (χ1) is 8.22. The number of aryl methyl sites for hydroxylation is 1. The van der Waals surface area contributed by atoms with Crippen LogP contribution < -0.4 is 11.3 Å². The molecule has 17 heavy (non-hydrogen) atoms. The Hall–Kier alpha value is -1.49. The van der Waals surface area contributed by atoms with Crippen LogP contribution >= 0.6 is 11.6 Å². The maximum atomic E-state index is 6.21. The fourth-order valence-corrected chi connectivity index (χ4v) is 2.00. The van der Waals surface area contributed by atoms with E-state index in [4.69, 9.17) is 17.4 Å². The van der Waals surface area contributed by atoms with E-state index in [1.54, 1.807) is 18.6 Å². The van der Waals surface area contributed by atoms with E-state index < -0.39 is 0 Å². The summed E-state index contributed by atoms with van der Waals surface area (Å²) in [6.07, 6.45) is 4.91. The normalized spacial score (nSPS) is 12.4. The van der Waals surface area contributed by atoms with E-state index in [1.165, 1.54) is 0 Å². The lowest BCUT2D eigenvalue weighted by Gasteiger charge is -2.17. The average molecular weight is 249 g/mol. The van der Waals surface area contributed by atoms with Crippen LogP contribution in [0.3, 0.4) is 0 Å². The van der Waals surface area contributed by atoms with Gasteiger partial charge in [0.2, 0.25) is 0 Å². The predicted octanol–water partition coefficient (Wildman–Crippen LogP) is 1.99. The highest BCUT2D eigenvalue weighted by atomic mass is 35.5. The quantitative estimate of drug-likeness (QED) is 0.644. The summed E-state index contributed by atoms with van der Waals surface area (Å²) in [5, 5.41) is 0.665. The minimum atomic E-state index is -0.253. The second-order valence-corrected chi connectivity index (χ2v) is 4.16. The minimum Gasteiger partial charge on any atom is -0.271 e. The molecule has 1 atom stereocenters. The molecule has 1 aromatic heterocycles.